The van der Waals surface area contributed by atoms with Gasteiger partial charge in [0.2, 0.25) is 11.8 Å². The molecule has 0 saturated carbocycles. The zero-order valence-electron chi connectivity index (χ0n) is 24.8. The van der Waals surface area contributed by atoms with Gasteiger partial charge in [-0.1, -0.05) is 84.9 Å². The molecule has 4 aromatic rings. The van der Waals surface area contributed by atoms with Crippen molar-refractivity contribution in [3.8, 4) is 11.5 Å². The molecule has 0 unspecified atom stereocenters. The smallest absolute Gasteiger partial charge is 0.334 e. The number of fused-ring (bicyclic) bond motifs is 2. The molecule has 4 aromatic carbocycles. The number of hydrazine groups is 1. The Morgan fingerprint density at radius 1 is 0.911 bits per heavy atom. The van der Waals surface area contributed by atoms with Gasteiger partial charge in [-0.05, 0) is 39.6 Å². The molecule has 0 aromatic heterocycles. The van der Waals surface area contributed by atoms with E-state index >= 15 is 0 Å². The van der Waals surface area contributed by atoms with E-state index in [1.54, 1.807) is 22.1 Å². The van der Waals surface area contributed by atoms with Crippen molar-refractivity contribution in [1.29, 1.82) is 0 Å². The van der Waals surface area contributed by atoms with Crippen LogP contribution in [-0.2, 0) is 29.1 Å². The highest BCUT2D eigenvalue weighted by atomic mass is 16.3. The Kier molecular flexibility index (Phi) is 8.39. The minimum absolute atomic E-state index is 0.0852. The van der Waals surface area contributed by atoms with Crippen molar-refractivity contribution in [2.75, 3.05) is 19.6 Å². The summed E-state index contributed by atoms with van der Waals surface area (Å²) in [5, 5.41) is 28.3. The SMILES string of the molecule is C=CCN1CC(=O)N2[C@H](Cc3ccc(O)c(O)c3)C(=O)N(Cc3cccc4ccccc34)C[C@@H]2N1C(=O)NCc1ccccc1. The molecular formula is C35H35N5O5. The lowest BCUT2D eigenvalue weighted by Gasteiger charge is -2.55. The summed E-state index contributed by atoms with van der Waals surface area (Å²) >= 11 is 0. The van der Waals surface area contributed by atoms with Crippen molar-refractivity contribution in [3.05, 3.63) is 120 Å². The second-order valence-electron chi connectivity index (χ2n) is 11.3. The van der Waals surface area contributed by atoms with Crippen LogP contribution in [0.25, 0.3) is 10.8 Å². The van der Waals surface area contributed by atoms with Crippen LogP contribution in [0.4, 0.5) is 4.79 Å². The number of urea groups is 1. The highest BCUT2D eigenvalue weighted by Gasteiger charge is 2.51. The largest absolute Gasteiger partial charge is 0.504 e. The van der Waals surface area contributed by atoms with E-state index < -0.39 is 18.2 Å². The van der Waals surface area contributed by atoms with Gasteiger partial charge in [0.1, 0.15) is 12.2 Å². The van der Waals surface area contributed by atoms with E-state index in [1.807, 2.05) is 72.8 Å². The lowest BCUT2D eigenvalue weighted by molar-refractivity contribution is -0.189. The summed E-state index contributed by atoms with van der Waals surface area (Å²) < 4.78 is 0. The molecule has 6 rings (SSSR count). The van der Waals surface area contributed by atoms with Crippen LogP contribution in [0.1, 0.15) is 16.7 Å². The number of nitrogens with zero attached hydrogens (tertiary/aromatic N) is 4. The van der Waals surface area contributed by atoms with Gasteiger partial charge in [-0.15, -0.1) is 6.58 Å². The van der Waals surface area contributed by atoms with Crippen LogP contribution in [0, 0.1) is 0 Å². The zero-order valence-corrected chi connectivity index (χ0v) is 24.8. The summed E-state index contributed by atoms with van der Waals surface area (Å²) in [7, 11) is 0. The molecule has 0 bridgehead atoms. The third-order valence-corrected chi connectivity index (χ3v) is 8.37. The monoisotopic (exact) mass is 605 g/mol. The number of benzene rings is 4. The van der Waals surface area contributed by atoms with Crippen LogP contribution in [0.3, 0.4) is 0 Å². The van der Waals surface area contributed by atoms with Gasteiger partial charge in [0.05, 0.1) is 13.1 Å². The van der Waals surface area contributed by atoms with Crippen LogP contribution in [0.5, 0.6) is 11.5 Å². The number of carbonyl (C=O) groups excluding carboxylic acids is 3. The number of rotatable bonds is 8. The molecule has 3 N–H and O–H groups in total. The first kappa shape index (κ1) is 29.7. The summed E-state index contributed by atoms with van der Waals surface area (Å²) in [5.74, 6) is -1.15. The van der Waals surface area contributed by atoms with Crippen molar-refractivity contribution in [1.82, 2.24) is 25.1 Å². The average Bonchev–Trinajstić information content (AvgIpc) is 3.04. The average molecular weight is 606 g/mol. The highest BCUT2D eigenvalue weighted by molar-refractivity contribution is 5.92. The van der Waals surface area contributed by atoms with Crippen LogP contribution in [0.2, 0.25) is 0 Å². The molecule has 230 valence electrons. The topological polar surface area (TPSA) is 117 Å². The van der Waals surface area contributed by atoms with E-state index in [0.717, 1.165) is 21.9 Å². The Hall–Kier alpha value is -5.35. The highest BCUT2D eigenvalue weighted by Crippen LogP contribution is 2.32. The fourth-order valence-corrected chi connectivity index (χ4v) is 6.25. The fourth-order valence-electron chi connectivity index (χ4n) is 6.25. The minimum Gasteiger partial charge on any atom is -0.504 e. The summed E-state index contributed by atoms with van der Waals surface area (Å²) in [6.07, 6.45) is 0.922. The van der Waals surface area contributed by atoms with Crippen LogP contribution in [0.15, 0.2) is 104 Å². The van der Waals surface area contributed by atoms with Gasteiger partial charge in [0.25, 0.3) is 0 Å². The number of nitrogens with one attached hydrogen (secondary N) is 1. The van der Waals surface area contributed by atoms with Gasteiger partial charge in [-0.3, -0.25) is 9.59 Å². The third-order valence-electron chi connectivity index (χ3n) is 8.37. The van der Waals surface area contributed by atoms with Crippen molar-refractivity contribution in [2.24, 2.45) is 0 Å². The molecule has 2 heterocycles. The summed E-state index contributed by atoms with van der Waals surface area (Å²) in [6, 6.07) is 26.5. The van der Waals surface area contributed by atoms with E-state index in [0.29, 0.717) is 5.56 Å². The molecule has 45 heavy (non-hydrogen) atoms. The van der Waals surface area contributed by atoms with Crippen molar-refractivity contribution in [3.63, 3.8) is 0 Å². The maximum atomic E-state index is 14.3. The lowest BCUT2D eigenvalue weighted by atomic mass is 9.97. The number of amides is 4. The molecule has 10 heteroatoms. The predicted molar refractivity (Wildman–Crippen MR) is 170 cm³/mol. The Balaban J connectivity index is 1.38. The summed E-state index contributed by atoms with van der Waals surface area (Å²) in [6.45, 7) is 4.63. The second-order valence-corrected chi connectivity index (χ2v) is 11.3. The van der Waals surface area contributed by atoms with Gasteiger partial charge in [-0.25, -0.2) is 14.8 Å². The van der Waals surface area contributed by atoms with Crippen LogP contribution >= 0.6 is 0 Å². The zero-order chi connectivity index (χ0) is 31.5. The standard InChI is InChI=1S/C35H35N5O5/c1-2-17-38-23-33(43)39-29(18-25-15-16-30(41)31(42)19-25)34(44)37(21-27-13-8-12-26-11-6-7-14-28(26)27)22-32(39)40(38)35(45)36-20-24-9-4-3-5-10-24/h2-16,19,29,32,41-42H,1,17-18,20-23H2,(H,36,45)/t29-,32+/m1/s1. The number of phenolic OH excluding ortho intramolecular Hbond substituents is 2. The summed E-state index contributed by atoms with van der Waals surface area (Å²) in [4.78, 5) is 45.2. The fraction of sp³-hybridized carbons (Fsp3) is 0.229. The van der Waals surface area contributed by atoms with E-state index in [2.05, 4.69) is 11.9 Å². The number of aromatic hydroxyl groups is 2. The van der Waals surface area contributed by atoms with E-state index in [-0.39, 0.29) is 62.5 Å². The Bertz CT molecular complexity index is 1740. The first-order valence-electron chi connectivity index (χ1n) is 14.9. The van der Waals surface area contributed by atoms with E-state index in [4.69, 9.17) is 0 Å². The molecule has 0 spiro atoms. The quantitative estimate of drug-likeness (QED) is 0.207. The number of hydrogen-bond donors (Lipinski definition) is 3. The number of piperazine rings is 1. The van der Waals surface area contributed by atoms with Gasteiger partial charge >= 0.3 is 6.03 Å². The van der Waals surface area contributed by atoms with Gasteiger partial charge < -0.3 is 25.3 Å². The molecule has 2 fully saturated rings. The second kappa shape index (κ2) is 12.7. The van der Waals surface area contributed by atoms with Gasteiger partial charge in [-0.2, -0.15) is 0 Å². The van der Waals surface area contributed by atoms with Crippen LogP contribution < -0.4 is 5.32 Å². The number of carbonyl (C=O) groups is 3. The molecule has 2 saturated heterocycles. The first-order chi connectivity index (χ1) is 21.8. The lowest BCUT2D eigenvalue weighted by Crippen LogP contribution is -2.76. The van der Waals surface area contributed by atoms with E-state index in [9.17, 15) is 24.6 Å². The van der Waals surface area contributed by atoms with Crippen molar-refractivity contribution >= 4 is 28.6 Å². The minimum atomic E-state index is -0.953. The van der Waals surface area contributed by atoms with Crippen molar-refractivity contribution in [2.45, 2.75) is 31.7 Å². The Morgan fingerprint density at radius 2 is 1.67 bits per heavy atom. The van der Waals surface area contributed by atoms with E-state index in [1.165, 1.54) is 22.0 Å². The predicted octanol–water partition coefficient (Wildman–Crippen LogP) is 3.99. The molecule has 2 aliphatic rings. The van der Waals surface area contributed by atoms with Gasteiger partial charge in [0.15, 0.2) is 11.5 Å². The third kappa shape index (κ3) is 6.05. The number of phenols is 2. The molecule has 4 amide bonds. The Morgan fingerprint density at radius 3 is 2.44 bits per heavy atom. The molecule has 0 aliphatic carbocycles. The normalized spacial score (nSPS) is 18.6. The van der Waals surface area contributed by atoms with Crippen molar-refractivity contribution < 1.29 is 24.6 Å². The first-order valence-corrected chi connectivity index (χ1v) is 14.9. The molecular weight excluding hydrogens is 570 g/mol. The molecule has 0 radical (unpaired) electrons. The molecule has 2 atom stereocenters. The molecule has 10 nitrogen and oxygen atoms in total. The Labute approximate surface area is 261 Å². The maximum Gasteiger partial charge on any atom is 0.334 e. The maximum absolute atomic E-state index is 14.3. The number of hydrogen-bond acceptors (Lipinski definition) is 6. The molecule has 2 aliphatic heterocycles. The van der Waals surface area contributed by atoms with Gasteiger partial charge in [0, 0.05) is 26.1 Å². The summed E-state index contributed by atoms with van der Waals surface area (Å²) in [5.41, 5.74) is 2.43. The van der Waals surface area contributed by atoms with Crippen LogP contribution in [-0.4, -0.2) is 79.7 Å².